The molecule has 2 N–H and O–H groups in total. The van der Waals surface area contributed by atoms with Crippen LogP contribution >= 0.6 is 0 Å². The van der Waals surface area contributed by atoms with Gasteiger partial charge in [0.1, 0.15) is 5.75 Å². The number of rotatable bonds is 3. The van der Waals surface area contributed by atoms with Crippen molar-refractivity contribution in [1.82, 2.24) is 15.1 Å². The highest BCUT2D eigenvalue weighted by Crippen LogP contribution is 2.61. The predicted molar refractivity (Wildman–Crippen MR) is 112 cm³/mol. The first-order valence-corrected chi connectivity index (χ1v) is 10.5. The van der Waals surface area contributed by atoms with Gasteiger partial charge in [0, 0.05) is 38.9 Å². The summed E-state index contributed by atoms with van der Waals surface area (Å²) < 4.78 is 5.16. The molecule has 0 radical (unpaired) electrons. The average Bonchev–Trinajstić information content (AvgIpc) is 3.23. The maximum absolute atomic E-state index is 12.8. The lowest BCUT2D eigenvalue weighted by molar-refractivity contribution is -0.132. The van der Waals surface area contributed by atoms with E-state index in [1.54, 1.807) is 14.2 Å². The molecule has 2 saturated heterocycles. The second-order valence-corrected chi connectivity index (χ2v) is 8.99. The van der Waals surface area contributed by atoms with Gasteiger partial charge >= 0.3 is 6.03 Å². The van der Waals surface area contributed by atoms with E-state index in [0.29, 0.717) is 5.92 Å². The first-order valence-electron chi connectivity index (χ1n) is 10.5. The van der Waals surface area contributed by atoms with Crippen LogP contribution in [-0.4, -0.2) is 69.1 Å². The van der Waals surface area contributed by atoms with Crippen LogP contribution in [0.25, 0.3) is 0 Å². The zero-order valence-corrected chi connectivity index (χ0v) is 17.7. The number of fused-ring (bicyclic) bond motifs is 2. The highest BCUT2D eigenvalue weighted by atomic mass is 16.5. The van der Waals surface area contributed by atoms with E-state index >= 15 is 0 Å². The summed E-state index contributed by atoms with van der Waals surface area (Å²) >= 11 is 0. The molecule has 7 heteroatoms. The highest BCUT2D eigenvalue weighted by molar-refractivity contribution is 5.89. The zero-order chi connectivity index (χ0) is 20.6. The smallest absolute Gasteiger partial charge is 0.321 e. The Balaban J connectivity index is 1.41. The quantitative estimate of drug-likeness (QED) is 0.817. The van der Waals surface area contributed by atoms with Crippen LogP contribution < -0.4 is 15.4 Å². The van der Waals surface area contributed by atoms with Crippen LogP contribution in [0.4, 0.5) is 10.5 Å². The van der Waals surface area contributed by atoms with Crippen molar-refractivity contribution in [2.24, 2.45) is 16.7 Å². The lowest BCUT2D eigenvalue weighted by Crippen LogP contribution is -2.50. The Labute approximate surface area is 172 Å². The standard InChI is InChI=1S/C22H32N4O3/c1-23-19(27)22-9-8-21(18(22)14-25(2)15-22)10-12-26(13-11-21)20(28)24-16-4-6-17(29-3)7-5-16/h4-7,18H,8-15H2,1-3H3,(H,23,27)(H,24,28)/t18-,22+/m0/s1. The summed E-state index contributed by atoms with van der Waals surface area (Å²) in [6.07, 6.45) is 3.99. The molecule has 1 saturated carbocycles. The number of ether oxygens (including phenoxy) is 1. The van der Waals surface area contributed by atoms with E-state index in [-0.39, 0.29) is 22.8 Å². The molecule has 3 fully saturated rings. The molecule has 29 heavy (non-hydrogen) atoms. The molecule has 3 aliphatic rings. The van der Waals surface area contributed by atoms with E-state index in [1.165, 1.54) is 0 Å². The van der Waals surface area contributed by atoms with Crippen LogP contribution in [0.5, 0.6) is 5.75 Å². The Hall–Kier alpha value is -2.28. The van der Waals surface area contributed by atoms with Gasteiger partial charge in [0.05, 0.1) is 12.5 Å². The van der Waals surface area contributed by atoms with Gasteiger partial charge in [-0.05, 0) is 68.3 Å². The van der Waals surface area contributed by atoms with Gasteiger partial charge in [-0.1, -0.05) is 0 Å². The fraction of sp³-hybridized carbons (Fsp3) is 0.636. The number of piperidine rings is 1. The minimum Gasteiger partial charge on any atom is -0.497 e. The Morgan fingerprint density at radius 1 is 1.10 bits per heavy atom. The van der Waals surface area contributed by atoms with Crippen molar-refractivity contribution in [3.8, 4) is 5.75 Å². The molecule has 7 nitrogen and oxygen atoms in total. The summed E-state index contributed by atoms with van der Waals surface area (Å²) in [5.41, 5.74) is 0.693. The topological polar surface area (TPSA) is 73.9 Å². The second kappa shape index (κ2) is 7.52. The van der Waals surface area contributed by atoms with Crippen molar-refractivity contribution in [2.75, 3.05) is 52.7 Å². The summed E-state index contributed by atoms with van der Waals surface area (Å²) in [7, 11) is 5.50. The van der Waals surface area contributed by atoms with Crippen molar-refractivity contribution in [2.45, 2.75) is 25.7 Å². The summed E-state index contributed by atoms with van der Waals surface area (Å²) in [5, 5.41) is 5.91. The van der Waals surface area contributed by atoms with E-state index in [0.717, 1.165) is 63.3 Å². The normalized spacial score (nSPS) is 28.2. The molecule has 1 aromatic rings. The number of methoxy groups -OCH3 is 1. The Kier molecular flexibility index (Phi) is 5.19. The SMILES string of the molecule is CNC(=O)[C@@]12CCC3(CCN(C(=O)Nc4ccc(OC)cc4)CC3)[C@@H]1CN(C)C2. The highest BCUT2D eigenvalue weighted by Gasteiger charge is 2.63. The van der Waals surface area contributed by atoms with Crippen molar-refractivity contribution >= 4 is 17.6 Å². The third-order valence-electron chi connectivity index (χ3n) is 7.59. The zero-order valence-electron chi connectivity index (χ0n) is 17.7. The van der Waals surface area contributed by atoms with Gasteiger partial charge < -0.3 is 25.2 Å². The summed E-state index contributed by atoms with van der Waals surface area (Å²) in [6.45, 7) is 3.31. The lowest BCUT2D eigenvalue weighted by Gasteiger charge is -2.44. The number of hydrogen-bond donors (Lipinski definition) is 2. The van der Waals surface area contributed by atoms with Gasteiger partial charge in [-0.3, -0.25) is 4.79 Å². The molecule has 1 aromatic carbocycles. The van der Waals surface area contributed by atoms with Crippen molar-refractivity contribution < 1.29 is 14.3 Å². The van der Waals surface area contributed by atoms with E-state index in [9.17, 15) is 9.59 Å². The van der Waals surface area contributed by atoms with E-state index in [2.05, 4.69) is 22.6 Å². The average molecular weight is 401 g/mol. The fourth-order valence-electron chi connectivity index (χ4n) is 6.05. The van der Waals surface area contributed by atoms with Gasteiger partial charge in [0.25, 0.3) is 0 Å². The van der Waals surface area contributed by atoms with Crippen LogP contribution in [0.2, 0.25) is 0 Å². The first kappa shape index (κ1) is 20.0. The molecule has 0 unspecified atom stereocenters. The van der Waals surface area contributed by atoms with Gasteiger partial charge in [-0.25, -0.2) is 4.79 Å². The Morgan fingerprint density at radius 2 is 1.79 bits per heavy atom. The van der Waals surface area contributed by atoms with E-state index in [4.69, 9.17) is 4.74 Å². The molecule has 1 spiro atoms. The van der Waals surface area contributed by atoms with Gasteiger partial charge in [0.2, 0.25) is 5.91 Å². The number of hydrogen-bond acceptors (Lipinski definition) is 4. The van der Waals surface area contributed by atoms with Crippen molar-refractivity contribution in [3.63, 3.8) is 0 Å². The van der Waals surface area contributed by atoms with Crippen LogP contribution in [0, 0.1) is 16.7 Å². The number of amides is 3. The number of carbonyl (C=O) groups is 2. The van der Waals surface area contributed by atoms with Crippen molar-refractivity contribution in [3.05, 3.63) is 24.3 Å². The number of carbonyl (C=O) groups excluding carboxylic acids is 2. The summed E-state index contributed by atoms with van der Waals surface area (Å²) in [5.74, 6) is 1.35. The maximum atomic E-state index is 12.8. The largest absolute Gasteiger partial charge is 0.497 e. The van der Waals surface area contributed by atoms with E-state index < -0.39 is 0 Å². The molecule has 3 amide bonds. The predicted octanol–water partition coefficient (Wildman–Crippen LogP) is 2.40. The number of urea groups is 1. The Morgan fingerprint density at radius 3 is 2.41 bits per heavy atom. The third-order valence-corrected chi connectivity index (χ3v) is 7.59. The summed E-state index contributed by atoms with van der Waals surface area (Å²) in [6, 6.07) is 7.34. The number of likely N-dealkylation sites (tertiary alicyclic amines) is 2. The lowest BCUT2D eigenvalue weighted by atomic mass is 9.65. The number of anilines is 1. The van der Waals surface area contributed by atoms with Gasteiger partial charge in [0.15, 0.2) is 0 Å². The second-order valence-electron chi connectivity index (χ2n) is 8.99. The van der Waals surface area contributed by atoms with Crippen molar-refractivity contribution in [1.29, 1.82) is 0 Å². The van der Waals surface area contributed by atoms with Crippen LogP contribution in [0.1, 0.15) is 25.7 Å². The minimum atomic E-state index is -0.253. The van der Waals surface area contributed by atoms with Gasteiger partial charge in [-0.2, -0.15) is 0 Å². The monoisotopic (exact) mass is 400 g/mol. The molecule has 158 valence electrons. The first-order chi connectivity index (χ1) is 13.9. The van der Waals surface area contributed by atoms with E-state index in [1.807, 2.05) is 29.2 Å². The molecule has 2 heterocycles. The molecule has 0 aromatic heterocycles. The summed E-state index contributed by atoms with van der Waals surface area (Å²) in [4.78, 5) is 29.7. The molecule has 1 aliphatic carbocycles. The maximum Gasteiger partial charge on any atom is 0.321 e. The fourth-order valence-corrected chi connectivity index (χ4v) is 6.05. The minimum absolute atomic E-state index is 0.0517. The molecule has 2 atom stereocenters. The number of benzene rings is 1. The van der Waals surface area contributed by atoms with Crippen LogP contribution in [0.15, 0.2) is 24.3 Å². The number of nitrogens with one attached hydrogen (secondary N) is 2. The van der Waals surface area contributed by atoms with Crippen LogP contribution in [-0.2, 0) is 4.79 Å². The molecule has 4 rings (SSSR count). The number of nitrogens with zero attached hydrogens (tertiary/aromatic N) is 2. The molecule has 2 aliphatic heterocycles. The molecular weight excluding hydrogens is 368 g/mol. The molecule has 0 bridgehead atoms. The third kappa shape index (κ3) is 3.35. The Bertz CT molecular complexity index is 773. The van der Waals surface area contributed by atoms with Gasteiger partial charge in [-0.15, -0.1) is 0 Å². The molecular formula is C22H32N4O3. The van der Waals surface area contributed by atoms with Crippen LogP contribution in [0.3, 0.4) is 0 Å².